The van der Waals surface area contributed by atoms with Gasteiger partial charge in [0.1, 0.15) is 6.04 Å². The number of aromatic nitrogens is 1. The van der Waals surface area contributed by atoms with E-state index in [1.54, 1.807) is 34.9 Å². The molecule has 8 heteroatoms. The number of carbonyl (C=O) groups is 2. The van der Waals surface area contributed by atoms with Crippen molar-refractivity contribution in [1.82, 2.24) is 9.88 Å². The summed E-state index contributed by atoms with van der Waals surface area (Å²) in [7, 11) is 0. The highest BCUT2D eigenvalue weighted by Gasteiger charge is 2.39. The van der Waals surface area contributed by atoms with Gasteiger partial charge < -0.3 is 15.2 Å². The number of benzene rings is 1. The molecule has 24 heavy (non-hydrogen) atoms. The molecule has 2 aromatic rings. The summed E-state index contributed by atoms with van der Waals surface area (Å²) in [5, 5.41) is 2.89. The number of fused-ring (bicyclic) bond motifs is 1. The molecule has 2 amide bonds. The third-order valence-electron chi connectivity index (χ3n) is 4.61. The Balaban J connectivity index is 1.49. The number of aromatic amines is 1. The summed E-state index contributed by atoms with van der Waals surface area (Å²) >= 11 is 2.73. The number of hydrogen-bond donors (Lipinski definition) is 2. The van der Waals surface area contributed by atoms with Crippen LogP contribution >= 0.6 is 23.1 Å². The van der Waals surface area contributed by atoms with Crippen LogP contribution in [0.5, 0.6) is 0 Å². The van der Waals surface area contributed by atoms with Gasteiger partial charge in [0.2, 0.25) is 11.8 Å². The lowest BCUT2D eigenvalue weighted by atomic mass is 9.84. The molecule has 2 heterocycles. The van der Waals surface area contributed by atoms with Crippen LogP contribution in [0.25, 0.3) is 10.2 Å². The van der Waals surface area contributed by atoms with E-state index >= 15 is 0 Å². The molecule has 126 valence electrons. The van der Waals surface area contributed by atoms with E-state index in [0.29, 0.717) is 17.3 Å². The number of thiazole rings is 1. The van der Waals surface area contributed by atoms with Crippen molar-refractivity contribution in [1.29, 1.82) is 0 Å². The normalized spacial score (nSPS) is 21.0. The van der Waals surface area contributed by atoms with Gasteiger partial charge in [-0.3, -0.25) is 14.4 Å². The summed E-state index contributed by atoms with van der Waals surface area (Å²) in [6, 6.07) is 4.92. The Hall–Kier alpha value is -1.80. The van der Waals surface area contributed by atoms with Gasteiger partial charge in [0.15, 0.2) is 0 Å². The average molecular weight is 363 g/mol. The highest BCUT2D eigenvalue weighted by atomic mass is 32.2. The van der Waals surface area contributed by atoms with E-state index in [-0.39, 0.29) is 22.6 Å². The molecule has 2 N–H and O–H groups in total. The standard InChI is InChI=1S/C16H17N3O3S2/c20-14(12-7-23-8-19(12)15(21)9-2-1-3-9)17-10-4-5-11-13(6-10)24-16(22)18-11/h4-6,9,12H,1-3,7-8H2,(H,17,20)(H,18,22). The molecule has 6 nitrogen and oxygen atoms in total. The molecule has 1 saturated carbocycles. The van der Waals surface area contributed by atoms with Crippen LogP contribution in [0.15, 0.2) is 23.0 Å². The number of hydrogen-bond acceptors (Lipinski definition) is 5. The van der Waals surface area contributed by atoms with Crippen molar-refractivity contribution in [2.75, 3.05) is 16.9 Å². The van der Waals surface area contributed by atoms with E-state index in [9.17, 15) is 14.4 Å². The number of thioether (sulfide) groups is 1. The summed E-state index contributed by atoms with van der Waals surface area (Å²) in [5.41, 5.74) is 1.41. The van der Waals surface area contributed by atoms with Crippen molar-refractivity contribution in [2.45, 2.75) is 25.3 Å². The molecule has 0 bridgehead atoms. The van der Waals surface area contributed by atoms with E-state index in [1.165, 1.54) is 0 Å². The molecule has 1 atom stereocenters. The van der Waals surface area contributed by atoms with Crippen molar-refractivity contribution < 1.29 is 9.59 Å². The average Bonchev–Trinajstić information content (AvgIpc) is 3.10. The van der Waals surface area contributed by atoms with Crippen LogP contribution < -0.4 is 10.2 Å². The Bertz CT molecular complexity index is 856. The minimum Gasteiger partial charge on any atom is -0.324 e. The second kappa shape index (κ2) is 6.25. The maximum atomic E-state index is 12.6. The SMILES string of the molecule is O=C(Nc1ccc2[nH]c(=O)sc2c1)C1CSCN1C(=O)C1CCC1. The molecule has 0 spiro atoms. The van der Waals surface area contributed by atoms with Gasteiger partial charge in [0, 0.05) is 17.4 Å². The zero-order chi connectivity index (χ0) is 16.7. The molecule has 1 aliphatic heterocycles. The van der Waals surface area contributed by atoms with Crippen molar-refractivity contribution in [3.8, 4) is 0 Å². The minimum atomic E-state index is -0.413. The van der Waals surface area contributed by atoms with Crippen molar-refractivity contribution in [2.24, 2.45) is 5.92 Å². The smallest absolute Gasteiger partial charge is 0.305 e. The molecule has 1 aliphatic carbocycles. The Morgan fingerprint density at radius 2 is 2.12 bits per heavy atom. The van der Waals surface area contributed by atoms with E-state index < -0.39 is 6.04 Å². The van der Waals surface area contributed by atoms with Crippen LogP contribution in [-0.4, -0.2) is 39.4 Å². The number of nitrogens with one attached hydrogen (secondary N) is 2. The Kier molecular flexibility index (Phi) is 4.09. The molecular formula is C16H17N3O3S2. The Labute approximate surface area is 146 Å². The molecule has 4 rings (SSSR count). The van der Waals surface area contributed by atoms with E-state index in [1.807, 2.05) is 0 Å². The van der Waals surface area contributed by atoms with Crippen LogP contribution in [-0.2, 0) is 9.59 Å². The minimum absolute atomic E-state index is 0.104. The first-order chi connectivity index (χ1) is 11.6. The molecule has 2 aliphatic rings. The molecule has 0 radical (unpaired) electrons. The monoisotopic (exact) mass is 363 g/mol. The molecule has 1 unspecified atom stereocenters. The van der Waals surface area contributed by atoms with Gasteiger partial charge in [0.05, 0.1) is 16.1 Å². The molecule has 1 saturated heterocycles. The lowest BCUT2D eigenvalue weighted by Gasteiger charge is -2.31. The third-order valence-corrected chi connectivity index (χ3v) is 6.47. The second-order valence-electron chi connectivity index (χ2n) is 6.17. The zero-order valence-electron chi connectivity index (χ0n) is 12.9. The first kappa shape index (κ1) is 15.7. The van der Waals surface area contributed by atoms with Gasteiger partial charge >= 0.3 is 4.87 Å². The summed E-state index contributed by atoms with van der Waals surface area (Å²) < 4.78 is 0.806. The van der Waals surface area contributed by atoms with Crippen LogP contribution in [0.3, 0.4) is 0 Å². The van der Waals surface area contributed by atoms with Crippen LogP contribution in [0.4, 0.5) is 5.69 Å². The number of nitrogens with zero attached hydrogens (tertiary/aromatic N) is 1. The number of amides is 2. The van der Waals surface area contributed by atoms with Gasteiger partial charge in [-0.15, -0.1) is 11.8 Å². The predicted octanol–water partition coefficient (Wildman–Crippen LogP) is 2.23. The van der Waals surface area contributed by atoms with Crippen molar-refractivity contribution in [3.63, 3.8) is 0 Å². The zero-order valence-corrected chi connectivity index (χ0v) is 14.5. The first-order valence-electron chi connectivity index (χ1n) is 7.94. The molecule has 2 fully saturated rings. The third kappa shape index (κ3) is 2.84. The fraction of sp³-hybridized carbons (Fsp3) is 0.438. The van der Waals surface area contributed by atoms with E-state index in [0.717, 1.165) is 40.8 Å². The largest absolute Gasteiger partial charge is 0.324 e. The van der Waals surface area contributed by atoms with E-state index in [4.69, 9.17) is 0 Å². The Morgan fingerprint density at radius 1 is 1.29 bits per heavy atom. The summed E-state index contributed by atoms with van der Waals surface area (Å²) in [6.07, 6.45) is 2.99. The van der Waals surface area contributed by atoms with Gasteiger partial charge in [-0.2, -0.15) is 0 Å². The van der Waals surface area contributed by atoms with Crippen LogP contribution in [0.2, 0.25) is 0 Å². The number of H-pyrrole nitrogens is 1. The van der Waals surface area contributed by atoms with Crippen molar-refractivity contribution in [3.05, 3.63) is 27.9 Å². The van der Waals surface area contributed by atoms with Crippen LogP contribution in [0, 0.1) is 5.92 Å². The molecule has 1 aromatic carbocycles. The first-order valence-corrected chi connectivity index (χ1v) is 9.91. The van der Waals surface area contributed by atoms with Gasteiger partial charge in [-0.1, -0.05) is 17.8 Å². The lowest BCUT2D eigenvalue weighted by Crippen LogP contribution is -2.47. The maximum absolute atomic E-state index is 12.6. The van der Waals surface area contributed by atoms with Gasteiger partial charge in [-0.25, -0.2) is 0 Å². The summed E-state index contributed by atoms with van der Waals surface area (Å²) in [5.74, 6) is 1.28. The molecule has 1 aromatic heterocycles. The maximum Gasteiger partial charge on any atom is 0.305 e. The van der Waals surface area contributed by atoms with Gasteiger partial charge in [-0.05, 0) is 31.0 Å². The van der Waals surface area contributed by atoms with Crippen molar-refractivity contribution >= 4 is 50.8 Å². The fourth-order valence-corrected chi connectivity index (χ4v) is 4.95. The number of carbonyl (C=O) groups excluding carboxylic acids is 2. The second-order valence-corrected chi connectivity index (χ2v) is 8.18. The Morgan fingerprint density at radius 3 is 2.88 bits per heavy atom. The van der Waals surface area contributed by atoms with Crippen LogP contribution in [0.1, 0.15) is 19.3 Å². The number of anilines is 1. The number of rotatable bonds is 3. The van der Waals surface area contributed by atoms with Gasteiger partial charge in [0.25, 0.3) is 0 Å². The highest BCUT2D eigenvalue weighted by molar-refractivity contribution is 7.99. The quantitative estimate of drug-likeness (QED) is 0.876. The lowest BCUT2D eigenvalue weighted by molar-refractivity contribution is -0.141. The fourth-order valence-electron chi connectivity index (χ4n) is 3.02. The predicted molar refractivity (Wildman–Crippen MR) is 96.4 cm³/mol. The van der Waals surface area contributed by atoms with E-state index in [2.05, 4.69) is 10.3 Å². The topological polar surface area (TPSA) is 82.3 Å². The highest BCUT2D eigenvalue weighted by Crippen LogP contribution is 2.32. The summed E-state index contributed by atoms with van der Waals surface area (Å²) in [4.78, 5) is 40.8. The summed E-state index contributed by atoms with van der Waals surface area (Å²) in [6.45, 7) is 0. The molecular weight excluding hydrogens is 346 g/mol.